The van der Waals surface area contributed by atoms with Crippen LogP contribution in [0.2, 0.25) is 0 Å². The number of nitrogen functional groups attached to an aromatic ring is 1. The number of carbonyl (C=O) groups is 4. The van der Waals surface area contributed by atoms with E-state index >= 15 is 0 Å². The number of likely N-dealkylation sites (N-methyl/N-ethyl adjacent to an activating group) is 2. The van der Waals surface area contributed by atoms with Crippen LogP contribution in [0.3, 0.4) is 0 Å². The van der Waals surface area contributed by atoms with E-state index in [0.29, 0.717) is 37.1 Å². The number of likely N-dealkylation sites (tertiary alicyclic amines) is 1. The normalized spacial score (nSPS) is 19.0. The number of carbonyl (C=O) groups excluding carboxylic acids is 4. The zero-order valence-corrected chi connectivity index (χ0v) is 34.7. The first-order chi connectivity index (χ1) is 24.7. The summed E-state index contributed by atoms with van der Waals surface area (Å²) in [6.45, 7) is 13.8. The molecular formula is C38H66N6O8S. The summed E-state index contributed by atoms with van der Waals surface area (Å²) in [7, 11) is 4.32. The van der Waals surface area contributed by atoms with E-state index < -0.39 is 64.0 Å². The number of nitrogens with one attached hydrogen (secondary N) is 2. The van der Waals surface area contributed by atoms with Gasteiger partial charge in [-0.25, -0.2) is 8.42 Å². The van der Waals surface area contributed by atoms with E-state index in [1.54, 1.807) is 48.0 Å². The summed E-state index contributed by atoms with van der Waals surface area (Å²) < 4.78 is 39.7. The van der Waals surface area contributed by atoms with Gasteiger partial charge >= 0.3 is 0 Å². The summed E-state index contributed by atoms with van der Waals surface area (Å²) in [4.78, 5) is 60.1. The highest BCUT2D eigenvalue weighted by Crippen LogP contribution is 2.30. The number of rotatable bonds is 20. The van der Waals surface area contributed by atoms with Crippen molar-refractivity contribution in [1.29, 1.82) is 0 Å². The lowest BCUT2D eigenvalue weighted by Crippen LogP contribution is -2.59. The van der Waals surface area contributed by atoms with Crippen LogP contribution in [-0.4, -0.2) is 125 Å². The maximum absolute atomic E-state index is 14.2. The Hall–Kier alpha value is -3.27. The molecule has 0 bridgehead atoms. The zero-order valence-electron chi connectivity index (χ0n) is 33.9. The third-order valence-corrected chi connectivity index (χ3v) is 11.8. The van der Waals surface area contributed by atoms with Crippen molar-refractivity contribution in [2.24, 2.45) is 23.7 Å². The molecule has 4 N–H and O–H groups in total. The van der Waals surface area contributed by atoms with E-state index in [1.165, 1.54) is 14.2 Å². The van der Waals surface area contributed by atoms with E-state index in [9.17, 15) is 27.6 Å². The molecule has 1 aliphatic heterocycles. The van der Waals surface area contributed by atoms with E-state index in [0.717, 1.165) is 0 Å². The van der Waals surface area contributed by atoms with Crippen molar-refractivity contribution in [3.8, 4) is 0 Å². The highest BCUT2D eigenvalue weighted by molar-refractivity contribution is 7.89. The van der Waals surface area contributed by atoms with E-state index in [2.05, 4.69) is 10.0 Å². The van der Waals surface area contributed by atoms with Crippen LogP contribution in [-0.2, 0) is 44.4 Å². The van der Waals surface area contributed by atoms with Crippen molar-refractivity contribution < 1.29 is 37.1 Å². The van der Waals surface area contributed by atoms with Gasteiger partial charge in [0.1, 0.15) is 6.04 Å². The van der Waals surface area contributed by atoms with Gasteiger partial charge < -0.3 is 30.3 Å². The SMILES string of the molecule is CC[C@H](C)[C@@H]([C@@H](CC(=O)N1CCC[C@H]1[C@H](OC)[C@@H](C)C(=O)NS(=O)(=O)Cc1ccc(N)cc1)OC)N(C)C(=O)C(NC(=O)[C@H](C(C)C)N(C)C)C(C)C. The van der Waals surface area contributed by atoms with Gasteiger partial charge in [0.2, 0.25) is 33.7 Å². The zero-order chi connectivity index (χ0) is 40.4. The molecule has 0 aliphatic carbocycles. The van der Waals surface area contributed by atoms with Gasteiger partial charge in [0.15, 0.2) is 0 Å². The molecule has 1 saturated heterocycles. The molecule has 302 valence electrons. The first-order valence-electron chi connectivity index (χ1n) is 18.7. The number of nitrogens with two attached hydrogens (primary N) is 1. The molecule has 14 nitrogen and oxygen atoms in total. The molecule has 1 aromatic carbocycles. The third-order valence-electron chi connectivity index (χ3n) is 10.5. The van der Waals surface area contributed by atoms with Crippen LogP contribution in [0.4, 0.5) is 5.69 Å². The molecule has 0 aromatic heterocycles. The topological polar surface area (TPSA) is 181 Å². The molecule has 1 aliphatic rings. The van der Waals surface area contributed by atoms with Gasteiger partial charge in [-0.05, 0) is 62.4 Å². The maximum Gasteiger partial charge on any atom is 0.245 e. The number of sulfonamides is 1. The first kappa shape index (κ1) is 45.9. The Morgan fingerprint density at radius 1 is 0.943 bits per heavy atom. The number of anilines is 1. The van der Waals surface area contributed by atoms with Crippen molar-refractivity contribution in [2.45, 2.75) is 116 Å². The number of nitrogens with zero attached hydrogens (tertiary/aromatic N) is 3. The number of methoxy groups -OCH3 is 2. The Labute approximate surface area is 317 Å². The van der Waals surface area contributed by atoms with Crippen molar-refractivity contribution in [1.82, 2.24) is 24.7 Å². The number of benzene rings is 1. The second-order valence-electron chi connectivity index (χ2n) is 15.4. The number of ether oxygens (including phenoxy) is 2. The Bertz CT molecular complexity index is 1460. The Balaban J connectivity index is 2.26. The largest absolute Gasteiger partial charge is 0.399 e. The van der Waals surface area contributed by atoms with Crippen LogP contribution in [0.5, 0.6) is 0 Å². The second kappa shape index (κ2) is 20.4. The minimum atomic E-state index is -4.02. The molecule has 1 fully saturated rings. The molecule has 0 spiro atoms. The van der Waals surface area contributed by atoms with Crippen molar-refractivity contribution in [2.75, 3.05) is 47.6 Å². The quantitative estimate of drug-likeness (QED) is 0.167. The van der Waals surface area contributed by atoms with Crippen LogP contribution >= 0.6 is 0 Å². The minimum absolute atomic E-state index is 0.0280. The Kier molecular flexibility index (Phi) is 17.7. The van der Waals surface area contributed by atoms with Gasteiger partial charge in [-0.2, -0.15) is 0 Å². The summed E-state index contributed by atoms with van der Waals surface area (Å²) in [5.41, 5.74) is 6.68. The molecule has 0 radical (unpaired) electrons. The van der Waals surface area contributed by atoms with Gasteiger partial charge in [0.25, 0.3) is 0 Å². The van der Waals surface area contributed by atoms with Crippen LogP contribution in [0, 0.1) is 23.7 Å². The predicted octanol–water partition coefficient (Wildman–Crippen LogP) is 2.86. The Morgan fingerprint density at radius 3 is 2.04 bits per heavy atom. The highest BCUT2D eigenvalue weighted by atomic mass is 32.2. The maximum atomic E-state index is 14.2. The molecular weight excluding hydrogens is 701 g/mol. The number of hydrogen-bond donors (Lipinski definition) is 3. The molecule has 1 unspecified atom stereocenters. The van der Waals surface area contributed by atoms with E-state index in [1.807, 2.05) is 60.5 Å². The van der Waals surface area contributed by atoms with Crippen LogP contribution in [0.15, 0.2) is 24.3 Å². The smallest absolute Gasteiger partial charge is 0.245 e. The van der Waals surface area contributed by atoms with Gasteiger partial charge in [-0.15, -0.1) is 0 Å². The molecule has 1 heterocycles. The molecule has 1 aromatic rings. The number of hydrogen-bond acceptors (Lipinski definition) is 10. The number of amides is 4. The fraction of sp³-hybridized carbons (Fsp3) is 0.737. The van der Waals surface area contributed by atoms with Crippen LogP contribution < -0.4 is 15.8 Å². The average Bonchev–Trinajstić information content (AvgIpc) is 3.56. The Morgan fingerprint density at radius 2 is 1.55 bits per heavy atom. The molecule has 2 rings (SSSR count). The predicted molar refractivity (Wildman–Crippen MR) is 207 cm³/mol. The summed E-state index contributed by atoms with van der Waals surface area (Å²) in [6.07, 6.45) is 0.437. The van der Waals surface area contributed by atoms with Crippen molar-refractivity contribution >= 4 is 39.3 Å². The molecule has 8 atom stereocenters. The molecule has 15 heteroatoms. The molecule has 0 saturated carbocycles. The third kappa shape index (κ3) is 12.4. The summed E-state index contributed by atoms with van der Waals surface area (Å²) >= 11 is 0. The van der Waals surface area contributed by atoms with Gasteiger partial charge in [0, 0.05) is 33.5 Å². The second-order valence-corrected chi connectivity index (χ2v) is 17.2. The van der Waals surface area contributed by atoms with Crippen molar-refractivity contribution in [3.63, 3.8) is 0 Å². The average molecular weight is 767 g/mol. The minimum Gasteiger partial charge on any atom is -0.399 e. The highest BCUT2D eigenvalue weighted by Gasteiger charge is 2.43. The summed E-state index contributed by atoms with van der Waals surface area (Å²) in [5.74, 6) is -2.97. The van der Waals surface area contributed by atoms with E-state index in [-0.39, 0.29) is 41.9 Å². The summed E-state index contributed by atoms with van der Waals surface area (Å²) in [5, 5.41) is 3.01. The van der Waals surface area contributed by atoms with Gasteiger partial charge in [-0.1, -0.05) is 67.0 Å². The first-order valence-corrected chi connectivity index (χ1v) is 20.3. The van der Waals surface area contributed by atoms with Crippen molar-refractivity contribution in [3.05, 3.63) is 29.8 Å². The standard InChI is InChI=1S/C38H66N6O8S/c1-13-25(6)34(43(10)38(48)32(23(2)3)40-37(47)33(24(4)5)42(8)9)30(51-11)21-31(45)44-20-14-15-29(44)35(52-12)26(7)36(46)41-53(49,50)22-27-16-18-28(39)19-17-27/h16-19,23-26,29-30,32-35H,13-15,20-22,39H2,1-12H3,(H,40,47)(H,41,46)/t25-,26+,29-,30+,32?,33-,34-,35+/m0/s1. The summed E-state index contributed by atoms with van der Waals surface area (Å²) in [6, 6.07) is 4.17. The molecule has 53 heavy (non-hydrogen) atoms. The fourth-order valence-corrected chi connectivity index (χ4v) is 8.72. The monoisotopic (exact) mass is 766 g/mol. The van der Waals surface area contributed by atoms with Crippen LogP contribution in [0.25, 0.3) is 0 Å². The van der Waals surface area contributed by atoms with Crippen LogP contribution in [0.1, 0.15) is 79.7 Å². The van der Waals surface area contributed by atoms with Gasteiger partial charge in [-0.3, -0.25) is 28.8 Å². The lowest BCUT2D eigenvalue weighted by atomic mass is 9.89. The molecule has 4 amide bonds. The lowest BCUT2D eigenvalue weighted by molar-refractivity contribution is -0.148. The lowest BCUT2D eigenvalue weighted by Gasteiger charge is -2.41. The van der Waals surface area contributed by atoms with E-state index in [4.69, 9.17) is 15.2 Å². The fourth-order valence-electron chi connectivity index (χ4n) is 7.53. The van der Waals surface area contributed by atoms with Gasteiger partial charge in [0.05, 0.1) is 48.4 Å².